The van der Waals surface area contributed by atoms with Gasteiger partial charge in [-0.1, -0.05) is 13.0 Å². The average Bonchev–Trinajstić information content (AvgIpc) is 3.18. The van der Waals surface area contributed by atoms with Gasteiger partial charge in [-0.15, -0.1) is 0 Å². The molecule has 7 nitrogen and oxygen atoms in total. The number of nitrogens with zero attached hydrogens (tertiary/aromatic N) is 6. The number of hydrogen-bond donors (Lipinski definition) is 1. The zero-order valence-electron chi connectivity index (χ0n) is 21.4. The third kappa shape index (κ3) is 5.69. The van der Waals surface area contributed by atoms with E-state index in [0.717, 1.165) is 52.0 Å². The van der Waals surface area contributed by atoms with Crippen LogP contribution in [-0.4, -0.2) is 49.2 Å². The van der Waals surface area contributed by atoms with Crippen LogP contribution in [0.25, 0.3) is 21.9 Å². The summed E-state index contributed by atoms with van der Waals surface area (Å²) < 4.78 is 39.9. The van der Waals surface area contributed by atoms with Crippen LogP contribution in [0, 0.1) is 12.8 Å². The monoisotopic (exact) mass is 511 g/mol. The maximum absolute atomic E-state index is 12.5. The Labute approximate surface area is 214 Å². The molecule has 37 heavy (non-hydrogen) atoms. The van der Waals surface area contributed by atoms with Gasteiger partial charge < -0.3 is 14.8 Å². The molecule has 0 bridgehead atoms. The van der Waals surface area contributed by atoms with Gasteiger partial charge in [0.25, 0.3) is 0 Å². The van der Waals surface area contributed by atoms with Crippen molar-refractivity contribution in [2.24, 2.45) is 5.92 Å². The normalized spacial score (nSPS) is 18.7. The maximum Gasteiger partial charge on any atom is 0.390 e. The SMILES string of the molecule is Cc1nc(Nc2ncc3c4ccncc4n(C4CCC(C)CC4)c3n2)ccc1CN(C)CCC(F)(F)F. The molecule has 0 saturated heterocycles. The van der Waals surface area contributed by atoms with Crippen LogP contribution < -0.4 is 5.32 Å². The first-order chi connectivity index (χ1) is 17.7. The lowest BCUT2D eigenvalue weighted by atomic mass is 9.87. The predicted octanol–water partition coefficient (Wildman–Crippen LogP) is 6.56. The summed E-state index contributed by atoms with van der Waals surface area (Å²) in [6.45, 7) is 4.51. The minimum absolute atomic E-state index is 0.0553. The van der Waals surface area contributed by atoms with Gasteiger partial charge in [-0.2, -0.15) is 18.2 Å². The summed E-state index contributed by atoms with van der Waals surface area (Å²) in [6, 6.07) is 6.09. The van der Waals surface area contributed by atoms with Crippen LogP contribution >= 0.6 is 0 Å². The van der Waals surface area contributed by atoms with E-state index in [2.05, 4.69) is 31.8 Å². The van der Waals surface area contributed by atoms with Gasteiger partial charge in [-0.3, -0.25) is 4.98 Å². The van der Waals surface area contributed by atoms with Crippen LogP contribution in [0.5, 0.6) is 0 Å². The molecule has 0 atom stereocenters. The third-order valence-electron chi connectivity index (χ3n) is 7.35. The lowest BCUT2D eigenvalue weighted by Crippen LogP contribution is -2.24. The van der Waals surface area contributed by atoms with Crippen LogP contribution in [0.15, 0.2) is 36.8 Å². The predicted molar refractivity (Wildman–Crippen MR) is 139 cm³/mol. The van der Waals surface area contributed by atoms with Crippen molar-refractivity contribution in [3.63, 3.8) is 0 Å². The lowest BCUT2D eigenvalue weighted by molar-refractivity contribution is -0.137. The molecule has 196 valence electrons. The van der Waals surface area contributed by atoms with Crippen molar-refractivity contribution in [3.05, 3.63) is 48.0 Å². The summed E-state index contributed by atoms with van der Waals surface area (Å²) in [7, 11) is 1.68. The largest absolute Gasteiger partial charge is 0.390 e. The quantitative estimate of drug-likeness (QED) is 0.303. The smallest absolute Gasteiger partial charge is 0.321 e. The standard InChI is InChI=1S/C27H32F3N7/c1-17-4-7-20(8-5-17)37-23-15-31-12-10-21(23)22-14-32-26(35-25(22)37)34-24-9-6-19(18(2)33-24)16-36(3)13-11-27(28,29)30/h6,9-10,12,14-15,17,20H,4-5,7-8,11,13,16H2,1-3H3,(H,32,33,34,35). The van der Waals surface area contributed by atoms with Gasteiger partial charge in [-0.25, -0.2) is 9.97 Å². The van der Waals surface area contributed by atoms with Gasteiger partial charge in [0.2, 0.25) is 5.95 Å². The van der Waals surface area contributed by atoms with E-state index in [1.54, 1.807) is 18.1 Å². The second kappa shape index (κ2) is 10.2. The Morgan fingerprint density at radius 1 is 1.05 bits per heavy atom. The Bertz CT molecular complexity index is 1390. The number of anilines is 2. The molecule has 0 unspecified atom stereocenters. The Morgan fingerprint density at radius 2 is 1.84 bits per heavy atom. The first-order valence-corrected chi connectivity index (χ1v) is 12.8. The number of alkyl halides is 3. The van der Waals surface area contributed by atoms with Crippen molar-refractivity contribution < 1.29 is 13.2 Å². The van der Waals surface area contributed by atoms with E-state index in [-0.39, 0.29) is 6.54 Å². The fourth-order valence-electron chi connectivity index (χ4n) is 5.23. The van der Waals surface area contributed by atoms with E-state index in [4.69, 9.17) is 4.98 Å². The van der Waals surface area contributed by atoms with E-state index in [1.807, 2.05) is 37.5 Å². The van der Waals surface area contributed by atoms with Gasteiger partial charge in [0.1, 0.15) is 11.5 Å². The number of rotatable bonds is 7. The number of nitrogens with one attached hydrogen (secondary N) is 1. The second-order valence-corrected chi connectivity index (χ2v) is 10.3. The Balaban J connectivity index is 1.39. The fourth-order valence-corrected chi connectivity index (χ4v) is 5.23. The summed E-state index contributed by atoms with van der Waals surface area (Å²) in [5, 5.41) is 5.32. The molecule has 1 saturated carbocycles. The third-order valence-corrected chi connectivity index (χ3v) is 7.35. The molecule has 0 spiro atoms. The summed E-state index contributed by atoms with van der Waals surface area (Å²) in [6.07, 6.45) is 5.20. The molecule has 1 fully saturated rings. The second-order valence-electron chi connectivity index (χ2n) is 10.3. The van der Waals surface area contributed by atoms with Crippen molar-refractivity contribution in [2.75, 3.05) is 18.9 Å². The van der Waals surface area contributed by atoms with E-state index in [0.29, 0.717) is 24.4 Å². The van der Waals surface area contributed by atoms with E-state index < -0.39 is 12.6 Å². The first-order valence-electron chi connectivity index (χ1n) is 12.8. The number of halogens is 3. The van der Waals surface area contributed by atoms with Gasteiger partial charge >= 0.3 is 6.18 Å². The number of aryl methyl sites for hydroxylation is 1. The number of hydrogen-bond acceptors (Lipinski definition) is 6. The molecule has 10 heteroatoms. The van der Waals surface area contributed by atoms with Crippen LogP contribution in [0.3, 0.4) is 0 Å². The molecule has 1 N–H and O–H groups in total. The van der Waals surface area contributed by atoms with E-state index in [1.165, 1.54) is 12.8 Å². The van der Waals surface area contributed by atoms with Crippen LogP contribution in [-0.2, 0) is 6.54 Å². The fraction of sp³-hybridized carbons (Fsp3) is 0.481. The average molecular weight is 512 g/mol. The molecule has 1 aliphatic rings. The molecule has 4 aromatic heterocycles. The number of fused-ring (bicyclic) bond motifs is 3. The molecule has 0 amide bonds. The van der Waals surface area contributed by atoms with Crippen molar-refractivity contribution in [2.45, 2.75) is 64.7 Å². The molecule has 0 radical (unpaired) electrons. The highest BCUT2D eigenvalue weighted by molar-refractivity contribution is 6.06. The molecule has 0 aliphatic heterocycles. The molecule has 4 aromatic rings. The van der Waals surface area contributed by atoms with Gasteiger partial charge in [-0.05, 0) is 63.3 Å². The Hall–Kier alpha value is -3.27. The van der Waals surface area contributed by atoms with E-state index in [9.17, 15) is 13.2 Å². The van der Waals surface area contributed by atoms with Crippen molar-refractivity contribution in [1.82, 2.24) is 29.4 Å². The number of pyridine rings is 2. The minimum Gasteiger partial charge on any atom is -0.321 e. The van der Waals surface area contributed by atoms with Crippen LogP contribution in [0.2, 0.25) is 0 Å². The minimum atomic E-state index is -4.16. The summed E-state index contributed by atoms with van der Waals surface area (Å²) in [5.41, 5.74) is 3.60. The summed E-state index contributed by atoms with van der Waals surface area (Å²) >= 11 is 0. The topological polar surface area (TPSA) is 71.8 Å². The van der Waals surface area contributed by atoms with Crippen molar-refractivity contribution >= 4 is 33.7 Å². The molecular weight excluding hydrogens is 479 g/mol. The van der Waals surface area contributed by atoms with Gasteiger partial charge in [0.05, 0.1) is 18.1 Å². The van der Waals surface area contributed by atoms with Crippen LogP contribution in [0.4, 0.5) is 24.9 Å². The summed E-state index contributed by atoms with van der Waals surface area (Å²) in [5.74, 6) is 1.79. The lowest BCUT2D eigenvalue weighted by Gasteiger charge is -2.28. The van der Waals surface area contributed by atoms with E-state index >= 15 is 0 Å². The zero-order chi connectivity index (χ0) is 26.2. The first kappa shape index (κ1) is 25.4. The zero-order valence-corrected chi connectivity index (χ0v) is 21.4. The highest BCUT2D eigenvalue weighted by Crippen LogP contribution is 2.38. The molecule has 1 aliphatic carbocycles. The van der Waals surface area contributed by atoms with Crippen molar-refractivity contribution in [3.8, 4) is 0 Å². The molecule has 4 heterocycles. The highest BCUT2D eigenvalue weighted by atomic mass is 19.4. The highest BCUT2D eigenvalue weighted by Gasteiger charge is 2.27. The Morgan fingerprint density at radius 3 is 2.57 bits per heavy atom. The summed E-state index contributed by atoms with van der Waals surface area (Å²) in [4.78, 5) is 20.1. The molecule has 0 aromatic carbocycles. The molecular formula is C27H32F3N7. The van der Waals surface area contributed by atoms with Crippen LogP contribution in [0.1, 0.15) is 56.3 Å². The number of aromatic nitrogens is 5. The Kier molecular flexibility index (Phi) is 7.02. The maximum atomic E-state index is 12.5. The van der Waals surface area contributed by atoms with Crippen molar-refractivity contribution in [1.29, 1.82) is 0 Å². The van der Waals surface area contributed by atoms with Gasteiger partial charge in [0, 0.05) is 48.0 Å². The molecule has 5 rings (SSSR count). The van der Waals surface area contributed by atoms with Gasteiger partial charge in [0.15, 0.2) is 0 Å².